The standard InChI is InChI=1S/C15H22O8/c1-3-13(17)21-9-15(19)23-12-6-4-11(5-7-12)22-14(18)8-20-10(2)16/h11-12H,3-9H2,1-2H3. The lowest BCUT2D eigenvalue weighted by Crippen LogP contribution is -2.31. The van der Waals surface area contributed by atoms with Gasteiger partial charge in [0.15, 0.2) is 13.2 Å². The van der Waals surface area contributed by atoms with E-state index in [9.17, 15) is 19.2 Å². The molecule has 0 aromatic carbocycles. The number of esters is 4. The Morgan fingerprint density at radius 3 is 1.61 bits per heavy atom. The molecule has 0 bridgehead atoms. The number of ether oxygens (including phenoxy) is 4. The molecule has 0 spiro atoms. The number of rotatable bonds is 7. The number of carbonyl (C=O) groups excluding carboxylic acids is 4. The molecule has 8 heteroatoms. The molecule has 1 saturated carbocycles. The molecule has 1 fully saturated rings. The smallest absolute Gasteiger partial charge is 0.344 e. The molecule has 8 nitrogen and oxygen atoms in total. The predicted octanol–water partition coefficient (Wildman–Crippen LogP) is 0.900. The second-order valence-electron chi connectivity index (χ2n) is 5.17. The van der Waals surface area contributed by atoms with E-state index < -0.39 is 30.5 Å². The van der Waals surface area contributed by atoms with E-state index in [0.29, 0.717) is 25.7 Å². The highest BCUT2D eigenvalue weighted by Gasteiger charge is 2.26. The average Bonchev–Trinajstić information content (AvgIpc) is 2.52. The molecule has 0 aliphatic heterocycles. The lowest BCUT2D eigenvalue weighted by molar-refractivity contribution is -0.167. The summed E-state index contributed by atoms with van der Waals surface area (Å²) >= 11 is 0. The van der Waals surface area contributed by atoms with E-state index in [4.69, 9.17) is 14.2 Å². The van der Waals surface area contributed by atoms with E-state index in [2.05, 4.69) is 4.74 Å². The van der Waals surface area contributed by atoms with Crippen molar-refractivity contribution in [2.24, 2.45) is 0 Å². The minimum Gasteiger partial charge on any atom is -0.460 e. The van der Waals surface area contributed by atoms with Crippen molar-refractivity contribution in [2.75, 3.05) is 13.2 Å². The molecular weight excluding hydrogens is 308 g/mol. The van der Waals surface area contributed by atoms with Gasteiger partial charge in [-0.2, -0.15) is 0 Å². The van der Waals surface area contributed by atoms with Gasteiger partial charge >= 0.3 is 23.9 Å². The summed E-state index contributed by atoms with van der Waals surface area (Å²) in [5.41, 5.74) is 0. The maximum atomic E-state index is 11.5. The molecule has 0 aromatic heterocycles. The Labute approximate surface area is 134 Å². The van der Waals surface area contributed by atoms with Crippen LogP contribution in [0.3, 0.4) is 0 Å². The molecule has 0 N–H and O–H groups in total. The van der Waals surface area contributed by atoms with Crippen molar-refractivity contribution in [2.45, 2.75) is 58.2 Å². The highest BCUT2D eigenvalue weighted by Crippen LogP contribution is 2.23. The van der Waals surface area contributed by atoms with Gasteiger partial charge in [-0.05, 0) is 25.7 Å². The fourth-order valence-corrected chi connectivity index (χ4v) is 2.11. The minimum absolute atomic E-state index is 0.205. The summed E-state index contributed by atoms with van der Waals surface area (Å²) in [5, 5.41) is 0. The summed E-state index contributed by atoms with van der Waals surface area (Å²) in [6.07, 6.45) is 1.88. The van der Waals surface area contributed by atoms with Gasteiger partial charge in [0.2, 0.25) is 0 Å². The average molecular weight is 330 g/mol. The van der Waals surface area contributed by atoms with Crippen LogP contribution in [0.1, 0.15) is 46.0 Å². The van der Waals surface area contributed by atoms with Gasteiger partial charge in [-0.3, -0.25) is 9.59 Å². The van der Waals surface area contributed by atoms with Crippen LogP contribution >= 0.6 is 0 Å². The quantitative estimate of drug-likeness (QED) is 0.501. The van der Waals surface area contributed by atoms with Gasteiger partial charge in [-0.1, -0.05) is 6.92 Å². The van der Waals surface area contributed by atoms with Gasteiger partial charge in [-0.15, -0.1) is 0 Å². The molecule has 1 aliphatic carbocycles. The molecule has 0 aromatic rings. The van der Waals surface area contributed by atoms with Crippen molar-refractivity contribution >= 4 is 23.9 Å². The Hall–Kier alpha value is -2.12. The molecule has 0 atom stereocenters. The summed E-state index contributed by atoms with van der Waals surface area (Å²) in [6, 6.07) is 0. The zero-order valence-corrected chi connectivity index (χ0v) is 13.4. The monoisotopic (exact) mass is 330 g/mol. The van der Waals surface area contributed by atoms with Gasteiger partial charge < -0.3 is 18.9 Å². The fourth-order valence-electron chi connectivity index (χ4n) is 2.11. The van der Waals surface area contributed by atoms with E-state index in [1.807, 2.05) is 0 Å². The number of carbonyl (C=O) groups is 4. The molecule has 23 heavy (non-hydrogen) atoms. The van der Waals surface area contributed by atoms with E-state index >= 15 is 0 Å². The summed E-state index contributed by atoms with van der Waals surface area (Å²) in [6.45, 7) is 2.07. The third kappa shape index (κ3) is 8.18. The molecule has 0 unspecified atom stereocenters. The largest absolute Gasteiger partial charge is 0.460 e. The normalized spacial score (nSPS) is 20.3. The second-order valence-corrected chi connectivity index (χ2v) is 5.17. The van der Waals surface area contributed by atoms with Gasteiger partial charge in [0, 0.05) is 13.3 Å². The van der Waals surface area contributed by atoms with Crippen LogP contribution in [-0.4, -0.2) is 49.3 Å². The molecule has 0 amide bonds. The first kappa shape index (κ1) is 18.9. The summed E-state index contributed by atoms with van der Waals surface area (Å²) in [7, 11) is 0. The maximum Gasteiger partial charge on any atom is 0.344 e. The van der Waals surface area contributed by atoms with Crippen molar-refractivity contribution in [1.29, 1.82) is 0 Å². The van der Waals surface area contributed by atoms with Crippen LogP contribution < -0.4 is 0 Å². The summed E-state index contributed by atoms with van der Waals surface area (Å²) in [4.78, 5) is 44.5. The summed E-state index contributed by atoms with van der Waals surface area (Å²) < 4.78 is 19.6. The Balaban J connectivity index is 2.19. The van der Waals surface area contributed by atoms with Gasteiger partial charge in [0.1, 0.15) is 12.2 Å². The van der Waals surface area contributed by atoms with Crippen LogP contribution in [0.25, 0.3) is 0 Å². The highest BCUT2D eigenvalue weighted by molar-refractivity contribution is 5.76. The second kappa shape index (κ2) is 9.81. The van der Waals surface area contributed by atoms with Gasteiger partial charge in [0.25, 0.3) is 0 Å². The molecule has 0 saturated heterocycles. The first-order valence-corrected chi connectivity index (χ1v) is 7.58. The molecule has 0 heterocycles. The van der Waals surface area contributed by atoms with E-state index in [-0.39, 0.29) is 25.2 Å². The molecule has 0 radical (unpaired) electrons. The first-order chi connectivity index (χ1) is 10.9. The highest BCUT2D eigenvalue weighted by atomic mass is 16.6. The van der Waals surface area contributed by atoms with Crippen LogP contribution in [0.2, 0.25) is 0 Å². The van der Waals surface area contributed by atoms with E-state index in [1.165, 1.54) is 6.92 Å². The predicted molar refractivity (Wildman–Crippen MR) is 76.1 cm³/mol. The third-order valence-electron chi connectivity index (χ3n) is 3.25. The Morgan fingerprint density at radius 2 is 1.22 bits per heavy atom. The van der Waals surface area contributed by atoms with Crippen LogP contribution in [0.15, 0.2) is 0 Å². The van der Waals surface area contributed by atoms with Crippen LogP contribution in [-0.2, 0) is 38.1 Å². The Morgan fingerprint density at radius 1 is 0.783 bits per heavy atom. The minimum atomic E-state index is -0.591. The van der Waals surface area contributed by atoms with E-state index in [0.717, 1.165) is 0 Å². The van der Waals surface area contributed by atoms with E-state index in [1.54, 1.807) is 6.92 Å². The third-order valence-corrected chi connectivity index (χ3v) is 3.25. The van der Waals surface area contributed by atoms with Gasteiger partial charge in [0.05, 0.1) is 0 Å². The topological polar surface area (TPSA) is 105 Å². The fraction of sp³-hybridized carbons (Fsp3) is 0.733. The molecule has 130 valence electrons. The van der Waals surface area contributed by atoms with Crippen LogP contribution in [0.4, 0.5) is 0 Å². The first-order valence-electron chi connectivity index (χ1n) is 7.58. The molecular formula is C15H22O8. The van der Waals surface area contributed by atoms with Crippen LogP contribution in [0.5, 0.6) is 0 Å². The molecule has 1 rings (SSSR count). The SMILES string of the molecule is CCC(=O)OCC(=O)OC1CCC(OC(=O)COC(C)=O)CC1. The number of hydrogen-bond donors (Lipinski definition) is 0. The number of hydrogen-bond acceptors (Lipinski definition) is 8. The van der Waals surface area contributed by atoms with Gasteiger partial charge in [-0.25, -0.2) is 9.59 Å². The van der Waals surface area contributed by atoms with Crippen molar-refractivity contribution in [3.05, 3.63) is 0 Å². The zero-order valence-electron chi connectivity index (χ0n) is 13.4. The maximum absolute atomic E-state index is 11.5. The summed E-state index contributed by atoms with van der Waals surface area (Å²) in [5.74, 6) is -2.17. The lowest BCUT2D eigenvalue weighted by atomic mass is 9.95. The van der Waals surface area contributed by atoms with Crippen molar-refractivity contribution < 1.29 is 38.1 Å². The van der Waals surface area contributed by atoms with Crippen molar-refractivity contribution in [3.8, 4) is 0 Å². The Bertz CT molecular complexity index is 437. The Kier molecular flexibility index (Phi) is 8.07. The van der Waals surface area contributed by atoms with Crippen molar-refractivity contribution in [1.82, 2.24) is 0 Å². The lowest BCUT2D eigenvalue weighted by Gasteiger charge is -2.28. The van der Waals surface area contributed by atoms with Crippen LogP contribution in [0, 0.1) is 0 Å². The molecule has 1 aliphatic rings. The van der Waals surface area contributed by atoms with Crippen molar-refractivity contribution in [3.63, 3.8) is 0 Å². The zero-order chi connectivity index (χ0) is 17.2.